The van der Waals surface area contributed by atoms with Crippen LogP contribution in [0.3, 0.4) is 0 Å². The zero-order valence-electron chi connectivity index (χ0n) is 12.5. The van der Waals surface area contributed by atoms with E-state index in [9.17, 15) is 4.79 Å². The van der Waals surface area contributed by atoms with E-state index in [-0.39, 0.29) is 17.6 Å². The van der Waals surface area contributed by atoms with Gasteiger partial charge in [0, 0.05) is 0 Å². The molecule has 0 aromatic heterocycles. The first-order valence-corrected chi connectivity index (χ1v) is 7.29. The third kappa shape index (κ3) is 5.09. The van der Waals surface area contributed by atoms with Gasteiger partial charge < -0.3 is 10.1 Å². The molecule has 0 radical (unpaired) electrons. The third-order valence-corrected chi connectivity index (χ3v) is 3.14. The monoisotopic (exact) mass is 325 g/mol. The molecular weight excluding hydrogens is 310 g/mol. The molecule has 0 heterocycles. The minimum absolute atomic E-state index is 0.116. The Balaban J connectivity index is 1.84. The summed E-state index contributed by atoms with van der Waals surface area (Å²) in [5.74, 6) is 0.233. The average Bonchev–Trinajstić information content (AvgIpc) is 2.54. The summed E-state index contributed by atoms with van der Waals surface area (Å²) in [4.78, 5) is 11.8. The molecule has 0 fully saturated rings. The number of hydrogen-bond acceptors (Lipinski definition) is 4. The number of carbonyl (C=O) groups excluding carboxylic acids is 1. The number of amides is 1. The summed E-state index contributed by atoms with van der Waals surface area (Å²) in [6.45, 7) is 1.82. The summed E-state index contributed by atoms with van der Waals surface area (Å²) >= 11 is 5.06. The van der Waals surface area contributed by atoms with Crippen molar-refractivity contribution in [1.29, 1.82) is 5.26 Å². The lowest BCUT2D eigenvalue weighted by Crippen LogP contribution is -2.37. The van der Waals surface area contributed by atoms with Gasteiger partial charge in [0.1, 0.15) is 11.8 Å². The topological polar surface area (TPSA) is 74.2 Å². The molecule has 2 aromatic carbocycles. The molecular formula is C17H15N3O2S. The molecule has 2 N–H and O–H groups in total. The third-order valence-electron chi connectivity index (χ3n) is 2.94. The van der Waals surface area contributed by atoms with Crippen LogP contribution in [0.1, 0.15) is 11.1 Å². The number of nitrogens with one attached hydrogen (secondary N) is 2. The Kier molecular flexibility index (Phi) is 5.67. The summed E-state index contributed by atoms with van der Waals surface area (Å²) in [5.41, 5.74) is 2.10. The first-order valence-electron chi connectivity index (χ1n) is 6.88. The number of rotatable bonds is 4. The van der Waals surface area contributed by atoms with Crippen molar-refractivity contribution < 1.29 is 9.53 Å². The van der Waals surface area contributed by atoms with Crippen LogP contribution >= 0.6 is 12.2 Å². The van der Waals surface area contributed by atoms with Gasteiger partial charge in [-0.3, -0.25) is 10.1 Å². The molecule has 0 saturated heterocycles. The maximum Gasteiger partial charge on any atom is 0.264 e. The van der Waals surface area contributed by atoms with Crippen molar-refractivity contribution in [3.05, 3.63) is 59.7 Å². The minimum atomic E-state index is -0.377. The largest absolute Gasteiger partial charge is 0.484 e. The number of thiocarbonyl (C=S) groups is 1. The lowest BCUT2D eigenvalue weighted by atomic mass is 10.2. The summed E-state index contributed by atoms with van der Waals surface area (Å²) in [5, 5.41) is 14.4. The van der Waals surface area contributed by atoms with Gasteiger partial charge in [0.05, 0.1) is 11.3 Å². The van der Waals surface area contributed by atoms with Crippen molar-refractivity contribution >= 4 is 28.9 Å². The van der Waals surface area contributed by atoms with Crippen molar-refractivity contribution in [2.45, 2.75) is 6.92 Å². The second kappa shape index (κ2) is 7.92. The minimum Gasteiger partial charge on any atom is -0.484 e. The number of anilines is 1. The van der Waals surface area contributed by atoms with Gasteiger partial charge in [-0.25, -0.2) is 0 Å². The molecule has 2 rings (SSSR count). The number of hydrogen-bond donors (Lipinski definition) is 2. The van der Waals surface area contributed by atoms with E-state index in [1.54, 1.807) is 36.4 Å². The van der Waals surface area contributed by atoms with Crippen LogP contribution in [0.15, 0.2) is 48.5 Å². The second-order valence-corrected chi connectivity index (χ2v) is 5.17. The van der Waals surface area contributed by atoms with E-state index in [2.05, 4.69) is 10.6 Å². The van der Waals surface area contributed by atoms with Crippen LogP contribution in [-0.4, -0.2) is 17.6 Å². The first-order chi connectivity index (χ1) is 11.1. The summed E-state index contributed by atoms with van der Waals surface area (Å²) in [7, 11) is 0. The number of para-hydroxylation sites is 1. The molecule has 0 aliphatic rings. The maximum atomic E-state index is 11.8. The molecule has 0 saturated carbocycles. The van der Waals surface area contributed by atoms with E-state index in [1.165, 1.54) is 0 Å². The van der Waals surface area contributed by atoms with Crippen LogP contribution in [0.25, 0.3) is 0 Å². The van der Waals surface area contributed by atoms with Crippen LogP contribution in [0, 0.1) is 18.3 Å². The summed E-state index contributed by atoms with van der Waals surface area (Å²) in [6, 6.07) is 16.3. The Morgan fingerprint density at radius 1 is 1.22 bits per heavy atom. The number of carbonyl (C=O) groups is 1. The number of aryl methyl sites for hydroxylation is 1. The highest BCUT2D eigenvalue weighted by Crippen LogP contribution is 2.13. The highest BCUT2D eigenvalue weighted by Gasteiger charge is 2.08. The Bertz CT molecular complexity index is 751. The van der Waals surface area contributed by atoms with E-state index in [0.29, 0.717) is 17.0 Å². The van der Waals surface area contributed by atoms with E-state index >= 15 is 0 Å². The SMILES string of the molecule is Cc1ccc(OCC(=O)NC(=S)Nc2ccccc2C#N)cc1. The number of ether oxygens (including phenoxy) is 1. The van der Waals surface area contributed by atoms with Crippen molar-refractivity contribution in [2.24, 2.45) is 0 Å². The first kappa shape index (κ1) is 16.5. The maximum absolute atomic E-state index is 11.8. The van der Waals surface area contributed by atoms with Gasteiger partial charge in [-0.2, -0.15) is 5.26 Å². The van der Waals surface area contributed by atoms with Crippen LogP contribution in [-0.2, 0) is 4.79 Å². The average molecular weight is 325 g/mol. The Morgan fingerprint density at radius 2 is 1.91 bits per heavy atom. The number of nitrogens with zero attached hydrogens (tertiary/aromatic N) is 1. The predicted octanol–water partition coefficient (Wildman–Crippen LogP) is 2.76. The smallest absolute Gasteiger partial charge is 0.264 e. The molecule has 6 heteroatoms. The quantitative estimate of drug-likeness (QED) is 0.846. The van der Waals surface area contributed by atoms with Crippen LogP contribution in [0.4, 0.5) is 5.69 Å². The van der Waals surface area contributed by atoms with Crippen molar-refractivity contribution in [2.75, 3.05) is 11.9 Å². The normalized spacial score (nSPS) is 9.57. The van der Waals surface area contributed by atoms with Gasteiger partial charge in [-0.05, 0) is 43.4 Å². The molecule has 23 heavy (non-hydrogen) atoms. The van der Waals surface area contributed by atoms with Crippen LogP contribution in [0.2, 0.25) is 0 Å². The zero-order valence-corrected chi connectivity index (χ0v) is 13.3. The van der Waals surface area contributed by atoms with Gasteiger partial charge in [0.25, 0.3) is 5.91 Å². The molecule has 2 aromatic rings. The van der Waals surface area contributed by atoms with Crippen LogP contribution in [0.5, 0.6) is 5.75 Å². The molecule has 5 nitrogen and oxygen atoms in total. The second-order valence-electron chi connectivity index (χ2n) is 4.76. The lowest BCUT2D eigenvalue weighted by Gasteiger charge is -2.11. The molecule has 0 bridgehead atoms. The van der Waals surface area contributed by atoms with E-state index < -0.39 is 0 Å². The fraction of sp³-hybridized carbons (Fsp3) is 0.118. The lowest BCUT2D eigenvalue weighted by molar-refractivity contribution is -0.121. The Morgan fingerprint density at radius 3 is 2.61 bits per heavy atom. The summed E-state index contributed by atoms with van der Waals surface area (Å²) in [6.07, 6.45) is 0. The standard InChI is InChI=1S/C17H15N3O2S/c1-12-6-8-14(9-7-12)22-11-16(21)20-17(23)19-15-5-3-2-4-13(15)10-18/h2-9H,11H2,1H3,(H2,19,20,21,23). The highest BCUT2D eigenvalue weighted by atomic mass is 32.1. The fourth-order valence-corrected chi connectivity index (χ4v) is 2.01. The van der Waals surface area contributed by atoms with Crippen molar-refractivity contribution in [3.8, 4) is 11.8 Å². The predicted molar refractivity (Wildman–Crippen MR) is 92.2 cm³/mol. The van der Waals surface area contributed by atoms with Crippen molar-refractivity contribution in [3.63, 3.8) is 0 Å². The molecule has 0 atom stereocenters. The molecule has 0 spiro atoms. The molecule has 116 valence electrons. The number of nitriles is 1. The zero-order chi connectivity index (χ0) is 16.7. The van der Waals surface area contributed by atoms with E-state index in [1.807, 2.05) is 25.1 Å². The van der Waals surface area contributed by atoms with Gasteiger partial charge >= 0.3 is 0 Å². The Labute approximate surface area is 139 Å². The summed E-state index contributed by atoms with van der Waals surface area (Å²) < 4.78 is 5.37. The van der Waals surface area contributed by atoms with Gasteiger partial charge in [0.2, 0.25) is 0 Å². The number of benzene rings is 2. The van der Waals surface area contributed by atoms with Gasteiger partial charge in [0.15, 0.2) is 11.7 Å². The molecule has 0 unspecified atom stereocenters. The van der Waals surface area contributed by atoms with Crippen LogP contribution < -0.4 is 15.4 Å². The Hall–Kier alpha value is -2.91. The van der Waals surface area contributed by atoms with E-state index in [4.69, 9.17) is 22.2 Å². The van der Waals surface area contributed by atoms with Gasteiger partial charge in [-0.1, -0.05) is 29.8 Å². The fourth-order valence-electron chi connectivity index (χ4n) is 1.79. The molecule has 1 amide bonds. The highest BCUT2D eigenvalue weighted by molar-refractivity contribution is 7.80. The van der Waals surface area contributed by atoms with Gasteiger partial charge in [-0.15, -0.1) is 0 Å². The van der Waals surface area contributed by atoms with E-state index in [0.717, 1.165) is 5.56 Å². The van der Waals surface area contributed by atoms with Crippen molar-refractivity contribution in [1.82, 2.24) is 5.32 Å². The molecule has 0 aliphatic heterocycles. The molecule has 0 aliphatic carbocycles.